The van der Waals surface area contributed by atoms with Crippen LogP contribution in [0.2, 0.25) is 0 Å². The third-order valence-corrected chi connectivity index (χ3v) is 5.01. The van der Waals surface area contributed by atoms with Gasteiger partial charge < -0.3 is 4.74 Å². The van der Waals surface area contributed by atoms with Gasteiger partial charge in [-0.15, -0.1) is 0 Å². The predicted octanol–water partition coefficient (Wildman–Crippen LogP) is 3.27. The molecule has 3 aliphatic rings. The fourth-order valence-corrected chi connectivity index (χ4v) is 3.88. The van der Waals surface area contributed by atoms with Gasteiger partial charge in [-0.3, -0.25) is 14.5 Å². The molecule has 4 rings (SSSR count). The van der Waals surface area contributed by atoms with E-state index < -0.39 is 0 Å². The molecule has 4 nitrogen and oxygen atoms in total. The lowest BCUT2D eigenvalue weighted by Gasteiger charge is -2.24. The number of hydrogen-bond acceptors (Lipinski definition) is 3. The van der Waals surface area contributed by atoms with Crippen LogP contribution < -0.4 is 0 Å². The van der Waals surface area contributed by atoms with Crippen molar-refractivity contribution in [3.63, 3.8) is 0 Å². The zero-order valence-corrected chi connectivity index (χ0v) is 13.3. The smallest absolute Gasteiger partial charge is 0.262 e. The SMILES string of the molecule is CCCOC.O=C1c2ccccc2C(=O)N1C12CCCC1C2. The van der Waals surface area contributed by atoms with Crippen LogP contribution in [0, 0.1) is 5.92 Å². The van der Waals surface area contributed by atoms with Crippen LogP contribution in [-0.2, 0) is 4.74 Å². The van der Waals surface area contributed by atoms with Crippen LogP contribution in [0.25, 0.3) is 0 Å². The Morgan fingerprint density at radius 2 is 1.86 bits per heavy atom. The summed E-state index contributed by atoms with van der Waals surface area (Å²) in [6.07, 6.45) is 5.48. The summed E-state index contributed by atoms with van der Waals surface area (Å²) in [5, 5.41) is 0. The third-order valence-electron chi connectivity index (χ3n) is 5.01. The van der Waals surface area contributed by atoms with Gasteiger partial charge in [0.15, 0.2) is 0 Å². The zero-order chi connectivity index (χ0) is 15.7. The molecule has 4 heteroatoms. The van der Waals surface area contributed by atoms with Crippen molar-refractivity contribution in [2.75, 3.05) is 13.7 Å². The monoisotopic (exact) mass is 301 g/mol. The van der Waals surface area contributed by atoms with Crippen LogP contribution in [0.1, 0.15) is 59.7 Å². The summed E-state index contributed by atoms with van der Waals surface area (Å²) in [6, 6.07) is 7.17. The topological polar surface area (TPSA) is 46.6 Å². The van der Waals surface area contributed by atoms with Gasteiger partial charge in [0.25, 0.3) is 11.8 Å². The van der Waals surface area contributed by atoms with Gasteiger partial charge in [-0.2, -0.15) is 0 Å². The molecule has 0 N–H and O–H groups in total. The minimum atomic E-state index is -0.104. The van der Waals surface area contributed by atoms with Crippen LogP contribution >= 0.6 is 0 Å². The molecule has 2 aliphatic carbocycles. The number of rotatable bonds is 3. The molecule has 22 heavy (non-hydrogen) atoms. The molecule has 2 amide bonds. The Hall–Kier alpha value is -1.68. The van der Waals surface area contributed by atoms with Gasteiger partial charge in [-0.25, -0.2) is 0 Å². The number of ether oxygens (including phenoxy) is 1. The van der Waals surface area contributed by atoms with Crippen LogP contribution in [0.4, 0.5) is 0 Å². The standard InChI is InChI=1S/C14H13NO2.C4H10O/c16-12-10-5-1-2-6-11(10)13(17)15(12)14-7-3-4-9(14)8-14;1-3-4-5-2/h1-2,5-6,9H,3-4,7-8H2;3-4H2,1-2H3. The highest BCUT2D eigenvalue weighted by atomic mass is 16.5. The van der Waals surface area contributed by atoms with Gasteiger partial charge in [0.05, 0.1) is 16.7 Å². The highest BCUT2D eigenvalue weighted by molar-refractivity contribution is 6.22. The first-order valence-corrected chi connectivity index (χ1v) is 8.12. The second-order valence-corrected chi connectivity index (χ2v) is 6.38. The summed E-state index contributed by atoms with van der Waals surface area (Å²) < 4.78 is 4.69. The number of carbonyl (C=O) groups is 2. The summed E-state index contributed by atoms with van der Waals surface area (Å²) in [6.45, 7) is 2.98. The number of amides is 2. The molecule has 1 aromatic carbocycles. The van der Waals surface area contributed by atoms with Gasteiger partial charge in [0.2, 0.25) is 0 Å². The number of nitrogens with zero attached hydrogens (tertiary/aromatic N) is 1. The van der Waals surface area contributed by atoms with Crippen molar-refractivity contribution in [1.29, 1.82) is 0 Å². The molecule has 1 aromatic rings. The first-order chi connectivity index (χ1) is 10.7. The maximum atomic E-state index is 12.3. The molecule has 1 aliphatic heterocycles. The maximum absolute atomic E-state index is 12.3. The number of methoxy groups -OCH3 is 1. The molecule has 0 spiro atoms. The molecule has 2 saturated carbocycles. The highest BCUT2D eigenvalue weighted by Gasteiger charge is 2.65. The molecule has 1 heterocycles. The Morgan fingerprint density at radius 1 is 1.23 bits per heavy atom. The van der Waals surface area contributed by atoms with Crippen molar-refractivity contribution in [2.24, 2.45) is 5.92 Å². The summed E-state index contributed by atoms with van der Waals surface area (Å²) >= 11 is 0. The van der Waals surface area contributed by atoms with E-state index in [1.807, 2.05) is 12.1 Å². The number of hydrogen-bond donors (Lipinski definition) is 0. The Morgan fingerprint density at radius 3 is 2.23 bits per heavy atom. The Kier molecular flexibility index (Phi) is 4.04. The van der Waals surface area contributed by atoms with E-state index in [4.69, 9.17) is 4.74 Å². The van der Waals surface area contributed by atoms with Crippen LogP contribution in [-0.4, -0.2) is 36.0 Å². The molecule has 0 radical (unpaired) electrons. The van der Waals surface area contributed by atoms with E-state index in [-0.39, 0.29) is 17.4 Å². The van der Waals surface area contributed by atoms with Gasteiger partial charge in [-0.05, 0) is 43.7 Å². The minimum Gasteiger partial charge on any atom is -0.385 e. The molecule has 2 fully saturated rings. The molecular weight excluding hydrogens is 278 g/mol. The summed E-state index contributed by atoms with van der Waals surface area (Å²) in [7, 11) is 1.71. The fourth-order valence-electron chi connectivity index (χ4n) is 3.88. The molecule has 118 valence electrons. The van der Waals surface area contributed by atoms with Gasteiger partial charge in [0.1, 0.15) is 0 Å². The molecule has 0 bridgehead atoms. The van der Waals surface area contributed by atoms with Crippen molar-refractivity contribution in [1.82, 2.24) is 4.90 Å². The van der Waals surface area contributed by atoms with Crippen molar-refractivity contribution < 1.29 is 14.3 Å². The van der Waals surface area contributed by atoms with Crippen molar-refractivity contribution in [3.05, 3.63) is 35.4 Å². The first kappa shape index (κ1) is 15.2. The normalized spacial score (nSPS) is 28.1. The molecule has 0 aromatic heterocycles. The Labute approximate surface area is 131 Å². The number of benzene rings is 1. The van der Waals surface area contributed by atoms with E-state index in [0.29, 0.717) is 17.0 Å². The summed E-state index contributed by atoms with van der Waals surface area (Å²) in [5.74, 6) is 0.426. The van der Waals surface area contributed by atoms with E-state index in [0.717, 1.165) is 32.3 Å². The second kappa shape index (κ2) is 5.84. The maximum Gasteiger partial charge on any atom is 0.262 e. The third kappa shape index (κ3) is 2.26. The lowest BCUT2D eigenvalue weighted by molar-refractivity contribution is 0.0551. The van der Waals surface area contributed by atoms with E-state index in [1.54, 1.807) is 24.1 Å². The first-order valence-electron chi connectivity index (χ1n) is 8.12. The zero-order valence-electron chi connectivity index (χ0n) is 13.3. The average molecular weight is 301 g/mol. The van der Waals surface area contributed by atoms with Gasteiger partial charge in [0, 0.05) is 13.7 Å². The number of carbonyl (C=O) groups excluding carboxylic acids is 2. The molecular formula is C18H23NO3. The van der Waals surface area contributed by atoms with E-state index in [9.17, 15) is 9.59 Å². The minimum absolute atomic E-state index is 0.0741. The summed E-state index contributed by atoms with van der Waals surface area (Å²) in [4.78, 5) is 26.2. The van der Waals surface area contributed by atoms with Crippen molar-refractivity contribution in [2.45, 2.75) is 44.6 Å². The fraction of sp³-hybridized carbons (Fsp3) is 0.556. The highest BCUT2D eigenvalue weighted by Crippen LogP contribution is 2.60. The summed E-state index contributed by atoms with van der Waals surface area (Å²) in [5.41, 5.74) is 1.07. The lowest BCUT2D eigenvalue weighted by Crippen LogP contribution is -2.41. The van der Waals surface area contributed by atoms with E-state index >= 15 is 0 Å². The van der Waals surface area contributed by atoms with Crippen LogP contribution in [0.15, 0.2) is 24.3 Å². The lowest BCUT2D eigenvalue weighted by atomic mass is 10.1. The predicted molar refractivity (Wildman–Crippen MR) is 83.8 cm³/mol. The molecule has 2 unspecified atom stereocenters. The Bertz CT molecular complexity index is 561. The quantitative estimate of drug-likeness (QED) is 0.805. The van der Waals surface area contributed by atoms with Gasteiger partial charge in [-0.1, -0.05) is 25.5 Å². The van der Waals surface area contributed by atoms with Crippen molar-refractivity contribution in [3.8, 4) is 0 Å². The number of fused-ring (bicyclic) bond motifs is 2. The largest absolute Gasteiger partial charge is 0.385 e. The van der Waals surface area contributed by atoms with Crippen LogP contribution in [0.3, 0.4) is 0 Å². The molecule has 0 saturated heterocycles. The Balaban J connectivity index is 0.000000254. The second-order valence-electron chi connectivity index (χ2n) is 6.38. The van der Waals surface area contributed by atoms with E-state index in [1.165, 1.54) is 6.42 Å². The van der Waals surface area contributed by atoms with Gasteiger partial charge >= 0.3 is 0 Å². The average Bonchev–Trinajstić information content (AvgIpc) is 2.97. The molecule has 2 atom stereocenters. The van der Waals surface area contributed by atoms with Crippen LogP contribution in [0.5, 0.6) is 0 Å². The van der Waals surface area contributed by atoms with E-state index in [2.05, 4.69) is 6.92 Å². The van der Waals surface area contributed by atoms with Crippen molar-refractivity contribution >= 4 is 11.8 Å². The number of imide groups is 1.